The lowest BCUT2D eigenvalue weighted by Gasteiger charge is -2.08. The Hall–Kier alpha value is -3.05. The highest BCUT2D eigenvalue weighted by molar-refractivity contribution is 7.17. The van der Waals surface area contributed by atoms with Crippen LogP contribution in [0.1, 0.15) is 35.7 Å². The third kappa shape index (κ3) is 3.41. The van der Waals surface area contributed by atoms with Crippen LogP contribution in [0.4, 0.5) is 0 Å². The topological polar surface area (TPSA) is 52.0 Å². The Kier molecular flexibility index (Phi) is 4.92. The molecule has 4 aromatic rings. The summed E-state index contributed by atoms with van der Waals surface area (Å²) < 4.78 is 1.40. The molecule has 2 heterocycles. The molecule has 0 bridgehead atoms. The van der Waals surface area contributed by atoms with E-state index >= 15 is 0 Å². The number of carbonyl (C=O) groups is 1. The maximum atomic E-state index is 13.1. The third-order valence-corrected chi connectivity index (χ3v) is 5.75. The van der Waals surface area contributed by atoms with Crippen molar-refractivity contribution in [2.24, 2.45) is 0 Å². The molecule has 28 heavy (non-hydrogen) atoms. The van der Waals surface area contributed by atoms with Gasteiger partial charge in [0.1, 0.15) is 4.83 Å². The zero-order chi connectivity index (χ0) is 19.7. The normalized spacial score (nSPS) is 11.2. The molecule has 4 rings (SSSR count). The van der Waals surface area contributed by atoms with Crippen molar-refractivity contribution in [1.82, 2.24) is 9.55 Å². The minimum Gasteiger partial charge on any atom is -0.292 e. The SMILES string of the molecule is CC(C)c1ccc(C(=O)Cn2cnc3scc(-c4ccccc4)c3c2=O)cc1. The minimum atomic E-state index is -0.183. The summed E-state index contributed by atoms with van der Waals surface area (Å²) in [5.41, 5.74) is 3.44. The minimum absolute atomic E-state index is 0.0210. The van der Waals surface area contributed by atoms with Crippen LogP contribution in [0.3, 0.4) is 0 Å². The van der Waals surface area contributed by atoms with E-state index in [1.807, 2.05) is 60.0 Å². The molecule has 2 aromatic heterocycles. The lowest BCUT2D eigenvalue weighted by molar-refractivity contribution is 0.0970. The molecule has 0 saturated heterocycles. The van der Waals surface area contributed by atoms with Crippen LogP contribution in [0.2, 0.25) is 0 Å². The van der Waals surface area contributed by atoms with Gasteiger partial charge in [0, 0.05) is 16.5 Å². The van der Waals surface area contributed by atoms with Gasteiger partial charge in [0.05, 0.1) is 18.3 Å². The lowest BCUT2D eigenvalue weighted by atomic mass is 10.0. The largest absolute Gasteiger partial charge is 0.292 e. The fourth-order valence-corrected chi connectivity index (χ4v) is 4.12. The fraction of sp³-hybridized carbons (Fsp3) is 0.174. The lowest BCUT2D eigenvalue weighted by Crippen LogP contribution is -2.24. The molecule has 140 valence electrons. The van der Waals surface area contributed by atoms with Crippen LogP contribution in [-0.2, 0) is 6.54 Å². The van der Waals surface area contributed by atoms with Crippen molar-refractivity contribution in [1.29, 1.82) is 0 Å². The average Bonchev–Trinajstić information content (AvgIpc) is 3.15. The first-order valence-corrected chi connectivity index (χ1v) is 10.1. The second kappa shape index (κ2) is 7.52. The number of thiophene rings is 1. The second-order valence-corrected chi connectivity index (χ2v) is 7.93. The molecule has 0 radical (unpaired) electrons. The third-order valence-electron chi connectivity index (χ3n) is 4.86. The molecule has 0 spiro atoms. The van der Waals surface area contributed by atoms with Crippen molar-refractivity contribution < 1.29 is 4.79 Å². The zero-order valence-electron chi connectivity index (χ0n) is 15.8. The molecule has 0 atom stereocenters. The van der Waals surface area contributed by atoms with Gasteiger partial charge in [0.15, 0.2) is 5.78 Å². The Morgan fingerprint density at radius 2 is 1.79 bits per heavy atom. The monoisotopic (exact) mass is 388 g/mol. The Bertz CT molecular complexity index is 1190. The van der Waals surface area contributed by atoms with Crippen molar-refractivity contribution in [2.45, 2.75) is 26.3 Å². The van der Waals surface area contributed by atoms with Gasteiger partial charge in [-0.1, -0.05) is 68.4 Å². The molecule has 0 aliphatic carbocycles. The molecule has 4 nitrogen and oxygen atoms in total. The van der Waals surface area contributed by atoms with Crippen LogP contribution >= 0.6 is 11.3 Å². The average molecular weight is 388 g/mol. The van der Waals surface area contributed by atoms with E-state index in [4.69, 9.17) is 0 Å². The first-order valence-electron chi connectivity index (χ1n) is 9.20. The summed E-state index contributed by atoms with van der Waals surface area (Å²) in [5, 5.41) is 2.52. The number of carbonyl (C=O) groups excluding carboxylic acids is 1. The van der Waals surface area contributed by atoms with Crippen molar-refractivity contribution >= 4 is 27.3 Å². The van der Waals surface area contributed by atoms with Crippen LogP contribution in [0.15, 0.2) is 71.1 Å². The molecule has 0 amide bonds. The summed E-state index contributed by atoms with van der Waals surface area (Å²) >= 11 is 1.44. The Morgan fingerprint density at radius 3 is 2.46 bits per heavy atom. The van der Waals surface area contributed by atoms with E-state index in [-0.39, 0.29) is 17.9 Å². The van der Waals surface area contributed by atoms with Crippen LogP contribution in [0, 0.1) is 0 Å². The summed E-state index contributed by atoms with van der Waals surface area (Å²) in [4.78, 5) is 30.9. The highest BCUT2D eigenvalue weighted by Gasteiger charge is 2.15. The highest BCUT2D eigenvalue weighted by atomic mass is 32.1. The summed E-state index contributed by atoms with van der Waals surface area (Å²) in [6.07, 6.45) is 1.47. The maximum absolute atomic E-state index is 13.1. The fourth-order valence-electron chi connectivity index (χ4n) is 3.21. The first kappa shape index (κ1) is 18.3. The molecule has 5 heteroatoms. The van der Waals surface area contributed by atoms with Crippen molar-refractivity contribution in [3.8, 4) is 11.1 Å². The Labute approximate surface area is 167 Å². The highest BCUT2D eigenvalue weighted by Crippen LogP contribution is 2.30. The number of rotatable bonds is 5. The Balaban J connectivity index is 1.69. The number of hydrogen-bond acceptors (Lipinski definition) is 4. The van der Waals surface area contributed by atoms with Gasteiger partial charge in [-0.25, -0.2) is 4.98 Å². The predicted octanol–water partition coefficient (Wildman–Crippen LogP) is 5.13. The van der Waals surface area contributed by atoms with Gasteiger partial charge in [-0.2, -0.15) is 0 Å². The van der Waals surface area contributed by atoms with Gasteiger partial charge in [-0.15, -0.1) is 11.3 Å². The van der Waals surface area contributed by atoms with E-state index in [0.29, 0.717) is 21.7 Å². The van der Waals surface area contributed by atoms with Gasteiger partial charge < -0.3 is 0 Å². The van der Waals surface area contributed by atoms with Crippen molar-refractivity contribution in [3.05, 3.63) is 87.8 Å². The maximum Gasteiger partial charge on any atom is 0.263 e. The van der Waals surface area contributed by atoms with Gasteiger partial charge in [0.2, 0.25) is 0 Å². The smallest absolute Gasteiger partial charge is 0.263 e. The number of ketones is 1. The van der Waals surface area contributed by atoms with E-state index in [0.717, 1.165) is 11.1 Å². The van der Waals surface area contributed by atoms with E-state index in [2.05, 4.69) is 18.8 Å². The van der Waals surface area contributed by atoms with Crippen LogP contribution < -0.4 is 5.56 Å². The molecule has 0 fully saturated rings. The standard InChI is InChI=1S/C23H20N2O2S/c1-15(2)16-8-10-18(11-9-16)20(26)12-25-14-24-22-21(23(25)27)19(13-28-22)17-6-4-3-5-7-17/h3-11,13-15H,12H2,1-2H3. The quantitative estimate of drug-likeness (QED) is 0.445. The Morgan fingerprint density at radius 1 is 1.07 bits per heavy atom. The number of benzene rings is 2. The van der Waals surface area contributed by atoms with Gasteiger partial charge >= 0.3 is 0 Å². The van der Waals surface area contributed by atoms with Gasteiger partial charge in [-0.3, -0.25) is 14.2 Å². The summed E-state index contributed by atoms with van der Waals surface area (Å²) in [6.45, 7) is 4.21. The molecular weight excluding hydrogens is 368 g/mol. The van der Waals surface area contributed by atoms with Crippen LogP contribution in [-0.4, -0.2) is 15.3 Å². The molecule has 0 aliphatic heterocycles. The molecule has 0 N–H and O–H groups in total. The second-order valence-electron chi connectivity index (χ2n) is 7.07. The van der Waals surface area contributed by atoms with Crippen molar-refractivity contribution in [3.63, 3.8) is 0 Å². The van der Waals surface area contributed by atoms with E-state index in [9.17, 15) is 9.59 Å². The molecular formula is C23H20N2O2S. The number of aromatic nitrogens is 2. The molecule has 0 aliphatic rings. The summed E-state index contributed by atoms with van der Waals surface area (Å²) in [7, 11) is 0. The number of hydrogen-bond donors (Lipinski definition) is 0. The van der Waals surface area contributed by atoms with Crippen LogP contribution in [0.25, 0.3) is 21.3 Å². The summed E-state index contributed by atoms with van der Waals surface area (Å²) in [6, 6.07) is 17.4. The molecule has 2 aromatic carbocycles. The van der Waals surface area contributed by atoms with E-state index < -0.39 is 0 Å². The first-order chi connectivity index (χ1) is 13.5. The summed E-state index contributed by atoms with van der Waals surface area (Å²) in [5.74, 6) is 0.309. The number of fused-ring (bicyclic) bond motifs is 1. The van der Waals surface area contributed by atoms with Gasteiger partial charge in [-0.05, 0) is 17.0 Å². The predicted molar refractivity (Wildman–Crippen MR) is 114 cm³/mol. The van der Waals surface area contributed by atoms with Gasteiger partial charge in [0.25, 0.3) is 5.56 Å². The number of nitrogens with zero attached hydrogens (tertiary/aromatic N) is 2. The van der Waals surface area contributed by atoms with Crippen LogP contribution in [0.5, 0.6) is 0 Å². The zero-order valence-corrected chi connectivity index (χ0v) is 16.6. The number of Topliss-reactive ketones (excluding diaryl/α,β-unsaturated/α-hetero) is 1. The van der Waals surface area contributed by atoms with E-state index in [1.165, 1.54) is 27.8 Å². The molecule has 0 unspecified atom stereocenters. The molecule has 0 saturated carbocycles. The van der Waals surface area contributed by atoms with Crippen molar-refractivity contribution in [2.75, 3.05) is 0 Å². The van der Waals surface area contributed by atoms with E-state index in [1.54, 1.807) is 0 Å².